The average molecular weight is 354 g/mol. The lowest BCUT2D eigenvalue weighted by Gasteiger charge is -2.23. The van der Waals surface area contributed by atoms with Gasteiger partial charge in [-0.3, -0.25) is 4.79 Å². The van der Waals surface area contributed by atoms with Crippen LogP contribution in [0.2, 0.25) is 0 Å². The molecule has 0 spiro atoms. The van der Waals surface area contributed by atoms with E-state index in [4.69, 9.17) is 4.74 Å². The van der Waals surface area contributed by atoms with E-state index in [9.17, 15) is 9.59 Å². The van der Waals surface area contributed by atoms with Crippen LogP contribution < -0.4 is 0 Å². The zero-order valence-electron chi connectivity index (χ0n) is 16.6. The molecule has 1 rings (SSSR count). The van der Waals surface area contributed by atoms with Crippen molar-refractivity contribution in [3.63, 3.8) is 0 Å². The van der Waals surface area contributed by atoms with Crippen molar-refractivity contribution in [3.05, 3.63) is 0 Å². The highest BCUT2D eigenvalue weighted by Gasteiger charge is 2.34. The number of ether oxygens (including phenoxy) is 1. The quantitative estimate of drug-likeness (QED) is 0.317. The lowest BCUT2D eigenvalue weighted by Crippen LogP contribution is -2.41. The summed E-state index contributed by atoms with van der Waals surface area (Å²) in [4.78, 5) is 26.3. The highest BCUT2D eigenvalue weighted by molar-refractivity contribution is 5.85. The molecule has 25 heavy (non-hydrogen) atoms. The molecule has 1 saturated heterocycles. The molecule has 4 nitrogen and oxygen atoms in total. The molecular weight excluding hydrogens is 314 g/mol. The Balaban J connectivity index is 2.13. The van der Waals surface area contributed by atoms with Gasteiger partial charge in [0.1, 0.15) is 6.04 Å². The van der Waals surface area contributed by atoms with E-state index in [0.717, 1.165) is 44.9 Å². The second-order valence-corrected chi connectivity index (χ2v) is 7.34. The number of esters is 1. The number of rotatable bonds is 14. The molecule has 0 saturated carbocycles. The van der Waals surface area contributed by atoms with E-state index in [1.54, 1.807) is 4.90 Å². The van der Waals surface area contributed by atoms with Gasteiger partial charge >= 0.3 is 5.97 Å². The smallest absolute Gasteiger partial charge is 0.328 e. The van der Waals surface area contributed by atoms with Gasteiger partial charge in [-0.05, 0) is 25.7 Å². The molecule has 146 valence electrons. The van der Waals surface area contributed by atoms with Gasteiger partial charge < -0.3 is 9.64 Å². The Morgan fingerprint density at radius 3 is 2.16 bits per heavy atom. The predicted molar refractivity (Wildman–Crippen MR) is 102 cm³/mol. The molecule has 1 aliphatic rings. The Kier molecular flexibility index (Phi) is 12.4. The normalized spacial score (nSPS) is 17.0. The fourth-order valence-corrected chi connectivity index (χ4v) is 3.48. The second kappa shape index (κ2) is 14.1. The molecule has 4 heteroatoms. The Hall–Kier alpha value is -1.06. The molecule has 0 aliphatic carbocycles. The minimum atomic E-state index is -0.330. The van der Waals surface area contributed by atoms with E-state index in [2.05, 4.69) is 13.8 Å². The van der Waals surface area contributed by atoms with E-state index in [-0.39, 0.29) is 17.9 Å². The van der Waals surface area contributed by atoms with Crippen molar-refractivity contribution in [2.45, 2.75) is 110 Å². The Labute approximate surface area is 154 Å². The molecule has 0 radical (unpaired) electrons. The van der Waals surface area contributed by atoms with Crippen LogP contribution in [-0.4, -0.2) is 36.0 Å². The van der Waals surface area contributed by atoms with Crippen LogP contribution >= 0.6 is 0 Å². The fourth-order valence-electron chi connectivity index (χ4n) is 3.48. The van der Waals surface area contributed by atoms with Crippen LogP contribution in [-0.2, 0) is 14.3 Å². The zero-order chi connectivity index (χ0) is 18.3. The number of carbonyl (C=O) groups excluding carboxylic acids is 2. The SMILES string of the molecule is CCCCCCCCCCOC(=O)[C@@H]1CCCN1C(=O)CCCCC. The predicted octanol–water partition coefficient (Wildman–Crippen LogP) is 5.24. The van der Waals surface area contributed by atoms with Crippen LogP contribution in [0.3, 0.4) is 0 Å². The lowest BCUT2D eigenvalue weighted by atomic mass is 10.1. The lowest BCUT2D eigenvalue weighted by molar-refractivity contribution is -0.153. The molecule has 1 atom stereocenters. The maximum atomic E-state index is 12.3. The summed E-state index contributed by atoms with van der Waals surface area (Å²) < 4.78 is 5.44. The van der Waals surface area contributed by atoms with Crippen LogP contribution in [0.15, 0.2) is 0 Å². The monoisotopic (exact) mass is 353 g/mol. The highest BCUT2D eigenvalue weighted by Crippen LogP contribution is 2.20. The molecule has 0 N–H and O–H groups in total. The molecule has 0 bridgehead atoms. The van der Waals surface area contributed by atoms with Gasteiger partial charge in [0, 0.05) is 13.0 Å². The van der Waals surface area contributed by atoms with Crippen molar-refractivity contribution < 1.29 is 14.3 Å². The summed E-state index contributed by atoms with van der Waals surface area (Å²) in [5, 5.41) is 0. The number of unbranched alkanes of at least 4 members (excludes halogenated alkanes) is 9. The molecule has 0 aromatic carbocycles. The number of amides is 1. The van der Waals surface area contributed by atoms with E-state index >= 15 is 0 Å². The molecule has 0 unspecified atom stereocenters. The van der Waals surface area contributed by atoms with Gasteiger partial charge in [0.05, 0.1) is 6.61 Å². The summed E-state index contributed by atoms with van der Waals surface area (Å²) >= 11 is 0. The number of nitrogens with zero attached hydrogens (tertiary/aromatic N) is 1. The van der Waals surface area contributed by atoms with Crippen molar-refractivity contribution in [1.29, 1.82) is 0 Å². The van der Waals surface area contributed by atoms with Gasteiger partial charge in [-0.15, -0.1) is 0 Å². The third-order valence-corrected chi connectivity index (χ3v) is 5.08. The molecule has 1 aliphatic heterocycles. The average Bonchev–Trinajstić information content (AvgIpc) is 3.10. The van der Waals surface area contributed by atoms with Crippen molar-refractivity contribution >= 4 is 11.9 Å². The highest BCUT2D eigenvalue weighted by atomic mass is 16.5. The minimum absolute atomic E-state index is 0.125. The topological polar surface area (TPSA) is 46.6 Å². The van der Waals surface area contributed by atoms with Gasteiger partial charge in [-0.25, -0.2) is 4.79 Å². The summed E-state index contributed by atoms with van der Waals surface area (Å²) in [5.41, 5.74) is 0. The van der Waals surface area contributed by atoms with Gasteiger partial charge in [-0.1, -0.05) is 71.6 Å². The molecule has 0 aromatic rings. The van der Waals surface area contributed by atoms with Crippen LogP contribution in [0.4, 0.5) is 0 Å². The summed E-state index contributed by atoms with van der Waals surface area (Å²) in [6.45, 7) is 5.58. The summed E-state index contributed by atoms with van der Waals surface area (Å²) in [6, 6.07) is -0.330. The first-order valence-electron chi connectivity index (χ1n) is 10.7. The zero-order valence-corrected chi connectivity index (χ0v) is 16.6. The van der Waals surface area contributed by atoms with Crippen molar-refractivity contribution in [2.24, 2.45) is 0 Å². The largest absolute Gasteiger partial charge is 0.464 e. The number of carbonyl (C=O) groups is 2. The fraction of sp³-hybridized carbons (Fsp3) is 0.905. The third kappa shape index (κ3) is 9.27. The maximum absolute atomic E-state index is 12.3. The first kappa shape index (κ1) is 22.0. The van der Waals surface area contributed by atoms with E-state index in [0.29, 0.717) is 19.6 Å². The van der Waals surface area contributed by atoms with E-state index < -0.39 is 0 Å². The van der Waals surface area contributed by atoms with Crippen molar-refractivity contribution in [1.82, 2.24) is 4.90 Å². The standard InChI is InChI=1S/C21H39NO3/c1-3-5-7-8-9-10-11-13-18-25-21(24)19-15-14-17-22(19)20(23)16-12-6-4-2/h19H,3-18H2,1-2H3/t19-/m0/s1. The Bertz CT molecular complexity index is 370. The molecule has 1 amide bonds. The molecular formula is C21H39NO3. The van der Waals surface area contributed by atoms with Gasteiger partial charge in [-0.2, -0.15) is 0 Å². The first-order valence-corrected chi connectivity index (χ1v) is 10.7. The number of hydrogen-bond donors (Lipinski definition) is 0. The van der Waals surface area contributed by atoms with Gasteiger partial charge in [0.15, 0.2) is 0 Å². The van der Waals surface area contributed by atoms with Crippen LogP contribution in [0.1, 0.15) is 104 Å². The van der Waals surface area contributed by atoms with E-state index in [1.165, 1.54) is 38.5 Å². The molecule has 1 heterocycles. The maximum Gasteiger partial charge on any atom is 0.328 e. The van der Waals surface area contributed by atoms with E-state index in [1.807, 2.05) is 0 Å². The molecule has 0 aromatic heterocycles. The molecule has 1 fully saturated rings. The van der Waals surface area contributed by atoms with Gasteiger partial charge in [0.25, 0.3) is 0 Å². The summed E-state index contributed by atoms with van der Waals surface area (Å²) in [6.07, 6.45) is 15.2. The summed E-state index contributed by atoms with van der Waals surface area (Å²) in [7, 11) is 0. The Morgan fingerprint density at radius 2 is 1.48 bits per heavy atom. The first-order chi connectivity index (χ1) is 12.2. The number of likely N-dealkylation sites (tertiary alicyclic amines) is 1. The van der Waals surface area contributed by atoms with Crippen LogP contribution in [0.25, 0.3) is 0 Å². The van der Waals surface area contributed by atoms with Crippen molar-refractivity contribution in [2.75, 3.05) is 13.2 Å². The Morgan fingerprint density at radius 1 is 0.880 bits per heavy atom. The third-order valence-electron chi connectivity index (χ3n) is 5.08. The van der Waals surface area contributed by atoms with Gasteiger partial charge in [0.2, 0.25) is 5.91 Å². The van der Waals surface area contributed by atoms with Crippen LogP contribution in [0.5, 0.6) is 0 Å². The summed E-state index contributed by atoms with van der Waals surface area (Å²) in [5.74, 6) is -0.0655. The van der Waals surface area contributed by atoms with Crippen LogP contribution in [0, 0.1) is 0 Å². The minimum Gasteiger partial charge on any atom is -0.464 e. The van der Waals surface area contributed by atoms with Crippen molar-refractivity contribution in [3.8, 4) is 0 Å². The second-order valence-electron chi connectivity index (χ2n) is 7.34. The number of hydrogen-bond acceptors (Lipinski definition) is 3.